The van der Waals surface area contributed by atoms with Crippen molar-refractivity contribution < 1.29 is 9.32 Å². The van der Waals surface area contributed by atoms with Gasteiger partial charge in [-0.15, -0.1) is 0 Å². The van der Waals surface area contributed by atoms with Crippen molar-refractivity contribution in [1.29, 1.82) is 0 Å². The first kappa shape index (κ1) is 23.5. The maximum Gasteiger partial charge on any atom is 0.241 e. The van der Waals surface area contributed by atoms with E-state index in [4.69, 9.17) is 16.1 Å². The lowest BCUT2D eigenvalue weighted by Gasteiger charge is -2.31. The summed E-state index contributed by atoms with van der Waals surface area (Å²) in [4.78, 5) is 19.6. The van der Waals surface area contributed by atoms with Gasteiger partial charge >= 0.3 is 0 Å². The third-order valence-electron chi connectivity index (χ3n) is 6.33. The van der Waals surface area contributed by atoms with Crippen LogP contribution in [0.25, 0.3) is 11.4 Å². The Hall–Kier alpha value is -2.70. The molecule has 1 aliphatic rings. The Bertz CT molecular complexity index is 1040. The van der Waals surface area contributed by atoms with Gasteiger partial charge in [0.25, 0.3) is 0 Å². The van der Waals surface area contributed by atoms with Crippen LogP contribution in [0.2, 0.25) is 5.02 Å². The minimum Gasteiger partial charge on any atom is -0.356 e. The fourth-order valence-electron chi connectivity index (χ4n) is 4.37. The Balaban J connectivity index is 1.28. The molecule has 1 fully saturated rings. The van der Waals surface area contributed by atoms with Crippen molar-refractivity contribution in [2.75, 3.05) is 19.6 Å². The molecular formula is C26H31ClN4O2. The van der Waals surface area contributed by atoms with Gasteiger partial charge in [-0.2, -0.15) is 4.98 Å². The number of amides is 1. The Morgan fingerprint density at radius 2 is 2.00 bits per heavy atom. The molecule has 6 nitrogen and oxygen atoms in total. The van der Waals surface area contributed by atoms with Crippen LogP contribution in [0.1, 0.15) is 37.6 Å². The first-order chi connectivity index (χ1) is 16.1. The van der Waals surface area contributed by atoms with Crippen LogP contribution in [0.5, 0.6) is 0 Å². The third-order valence-corrected chi connectivity index (χ3v) is 6.66. The molecule has 174 valence electrons. The summed E-state index contributed by atoms with van der Waals surface area (Å²) in [5.41, 5.74) is 2.07. The van der Waals surface area contributed by atoms with E-state index in [2.05, 4.69) is 51.5 Å². The third kappa shape index (κ3) is 6.42. The molecule has 0 bridgehead atoms. The van der Waals surface area contributed by atoms with Crippen LogP contribution in [0.3, 0.4) is 0 Å². The van der Waals surface area contributed by atoms with Gasteiger partial charge in [0.05, 0.1) is 17.5 Å². The summed E-state index contributed by atoms with van der Waals surface area (Å²) in [5.74, 6) is 1.61. The molecule has 1 N–H and O–H groups in total. The molecule has 0 spiro atoms. The van der Waals surface area contributed by atoms with Crippen LogP contribution in [-0.2, 0) is 17.8 Å². The van der Waals surface area contributed by atoms with E-state index in [9.17, 15) is 4.79 Å². The van der Waals surface area contributed by atoms with E-state index < -0.39 is 0 Å². The van der Waals surface area contributed by atoms with Crippen LogP contribution < -0.4 is 5.32 Å². The van der Waals surface area contributed by atoms with Gasteiger partial charge in [0.15, 0.2) is 0 Å². The molecule has 1 aliphatic heterocycles. The number of nitrogens with zero attached hydrogens (tertiary/aromatic N) is 3. The summed E-state index contributed by atoms with van der Waals surface area (Å²) >= 11 is 6.24. The van der Waals surface area contributed by atoms with Gasteiger partial charge in [0, 0.05) is 18.7 Å². The van der Waals surface area contributed by atoms with Crippen LogP contribution in [0.15, 0.2) is 59.1 Å². The Kier molecular flexibility index (Phi) is 8.13. The second-order valence-corrected chi connectivity index (χ2v) is 9.18. The van der Waals surface area contributed by atoms with E-state index in [1.165, 1.54) is 5.56 Å². The summed E-state index contributed by atoms with van der Waals surface area (Å²) in [6.07, 6.45) is 3.91. The average molecular weight is 467 g/mol. The van der Waals surface area contributed by atoms with E-state index in [1.54, 1.807) is 0 Å². The zero-order valence-electron chi connectivity index (χ0n) is 19.0. The Morgan fingerprint density at radius 3 is 2.79 bits per heavy atom. The first-order valence-corrected chi connectivity index (χ1v) is 12.1. The molecule has 0 aliphatic carbocycles. The minimum absolute atomic E-state index is 0.0149. The van der Waals surface area contributed by atoms with Gasteiger partial charge in [-0.3, -0.25) is 9.69 Å². The molecule has 4 rings (SSSR count). The second-order valence-electron chi connectivity index (χ2n) is 8.77. The molecule has 2 aromatic carbocycles. The lowest BCUT2D eigenvalue weighted by atomic mass is 9.95. The van der Waals surface area contributed by atoms with Crippen molar-refractivity contribution in [1.82, 2.24) is 20.4 Å². The van der Waals surface area contributed by atoms with Gasteiger partial charge in [0.1, 0.15) is 0 Å². The minimum atomic E-state index is -0.0149. The summed E-state index contributed by atoms with van der Waals surface area (Å²) in [6.45, 7) is 5.05. The summed E-state index contributed by atoms with van der Waals surface area (Å²) < 4.78 is 5.46. The Labute approximate surface area is 200 Å². The average Bonchev–Trinajstić information content (AvgIpc) is 3.30. The molecule has 2 unspecified atom stereocenters. The normalized spacial score (nSPS) is 17.6. The van der Waals surface area contributed by atoms with E-state index in [0.717, 1.165) is 37.8 Å². The molecule has 1 saturated heterocycles. The van der Waals surface area contributed by atoms with Crippen LogP contribution in [-0.4, -0.2) is 40.6 Å². The van der Waals surface area contributed by atoms with Gasteiger partial charge in [-0.05, 0) is 49.4 Å². The molecule has 0 saturated carbocycles. The monoisotopic (exact) mass is 466 g/mol. The number of hydrogen-bond acceptors (Lipinski definition) is 5. The lowest BCUT2D eigenvalue weighted by molar-refractivity contribution is -0.127. The number of carbonyl (C=O) groups is 1. The SMILES string of the molecule is CCC(CNC(=O)C1CCCN(Cc2nc(-c3ccccc3Cl)no2)C1)Cc1ccccc1. The van der Waals surface area contributed by atoms with E-state index in [1.807, 2.05) is 30.3 Å². The smallest absolute Gasteiger partial charge is 0.241 e. The number of carbonyl (C=O) groups excluding carboxylic acids is 1. The number of piperidine rings is 1. The fourth-order valence-corrected chi connectivity index (χ4v) is 4.59. The van der Waals surface area contributed by atoms with Crippen LogP contribution in [0, 0.1) is 11.8 Å². The lowest BCUT2D eigenvalue weighted by Crippen LogP contribution is -2.43. The highest BCUT2D eigenvalue weighted by Gasteiger charge is 2.27. The number of halogens is 1. The number of hydrogen-bond donors (Lipinski definition) is 1. The highest BCUT2D eigenvalue weighted by molar-refractivity contribution is 6.33. The maximum atomic E-state index is 12.9. The molecule has 1 aromatic heterocycles. The molecule has 7 heteroatoms. The molecule has 2 atom stereocenters. The van der Waals surface area contributed by atoms with Crippen molar-refractivity contribution in [3.63, 3.8) is 0 Å². The second kappa shape index (κ2) is 11.4. The van der Waals surface area contributed by atoms with E-state index >= 15 is 0 Å². The molecule has 2 heterocycles. The van der Waals surface area contributed by atoms with E-state index in [-0.39, 0.29) is 11.8 Å². The topological polar surface area (TPSA) is 71.3 Å². The van der Waals surface area contributed by atoms with Crippen molar-refractivity contribution in [3.05, 3.63) is 71.1 Å². The fraction of sp³-hybridized carbons (Fsp3) is 0.423. The van der Waals surface area contributed by atoms with Gasteiger partial charge in [-0.1, -0.05) is 72.6 Å². The van der Waals surface area contributed by atoms with Crippen LogP contribution >= 0.6 is 11.6 Å². The van der Waals surface area contributed by atoms with Crippen molar-refractivity contribution >= 4 is 17.5 Å². The number of aromatic nitrogens is 2. The quantitative estimate of drug-likeness (QED) is 0.481. The van der Waals surface area contributed by atoms with Crippen molar-refractivity contribution in [2.24, 2.45) is 11.8 Å². The number of rotatable bonds is 9. The zero-order chi connectivity index (χ0) is 23.0. The summed E-state index contributed by atoms with van der Waals surface area (Å²) in [7, 11) is 0. The molecule has 1 amide bonds. The molecular weight excluding hydrogens is 436 g/mol. The standard InChI is InChI=1S/C26H31ClN4O2/c1-2-19(15-20-9-4-3-5-10-20)16-28-26(32)21-11-8-14-31(17-21)18-24-29-25(30-33-24)22-12-6-7-13-23(22)27/h3-7,9-10,12-13,19,21H,2,8,11,14-18H2,1H3,(H,28,32). The van der Waals surface area contributed by atoms with Crippen molar-refractivity contribution in [2.45, 2.75) is 39.2 Å². The zero-order valence-corrected chi connectivity index (χ0v) is 19.8. The molecule has 0 radical (unpaired) electrons. The highest BCUT2D eigenvalue weighted by atomic mass is 35.5. The number of likely N-dealkylation sites (tertiary alicyclic amines) is 1. The summed E-state index contributed by atoms with van der Waals surface area (Å²) in [6, 6.07) is 17.9. The van der Waals surface area contributed by atoms with Crippen LogP contribution in [0.4, 0.5) is 0 Å². The molecule has 3 aromatic rings. The predicted molar refractivity (Wildman–Crippen MR) is 130 cm³/mol. The number of nitrogens with one attached hydrogen (secondary N) is 1. The predicted octanol–water partition coefficient (Wildman–Crippen LogP) is 4.99. The first-order valence-electron chi connectivity index (χ1n) is 11.7. The highest BCUT2D eigenvalue weighted by Crippen LogP contribution is 2.26. The van der Waals surface area contributed by atoms with E-state index in [0.29, 0.717) is 42.3 Å². The van der Waals surface area contributed by atoms with Crippen molar-refractivity contribution in [3.8, 4) is 11.4 Å². The largest absolute Gasteiger partial charge is 0.356 e. The maximum absolute atomic E-state index is 12.9. The van der Waals surface area contributed by atoms with Gasteiger partial charge < -0.3 is 9.84 Å². The van der Waals surface area contributed by atoms with Gasteiger partial charge in [-0.25, -0.2) is 0 Å². The molecule has 33 heavy (non-hydrogen) atoms. The Morgan fingerprint density at radius 1 is 1.21 bits per heavy atom. The van der Waals surface area contributed by atoms with Gasteiger partial charge in [0.2, 0.25) is 17.6 Å². The number of benzene rings is 2. The summed E-state index contributed by atoms with van der Waals surface area (Å²) in [5, 5.41) is 7.89.